The molecule has 0 atom stereocenters. The molecule has 80 heavy (non-hydrogen) atoms. The number of anilines is 1. The molecule has 0 bridgehead atoms. The molecule has 0 aliphatic rings. The summed E-state index contributed by atoms with van der Waals surface area (Å²) in [7, 11) is 12.1. The van der Waals surface area contributed by atoms with E-state index in [2.05, 4.69) is 39.1 Å². The van der Waals surface area contributed by atoms with Gasteiger partial charge in [0.1, 0.15) is 28.4 Å². The SMILES string of the molecule is CCC(C)=O.COC(=O)c1nc(CC(=O)OC(C)(C)C)cn1C.COC(=O)c1nc(CC(=O)c2nc(CC(=O)OC(C)(C)C)cn2C)cn1C.COC(=O)c1nc(N)cn1C.Cl.Cl.Cn1cc(CC(=O)OC(C)(C)C)nc1C(=O)O. The molecular formula is C51H77Cl2N11O16. The van der Waals surface area contributed by atoms with Crippen LogP contribution in [0.4, 0.5) is 5.82 Å². The minimum absolute atomic E-state index is 0. The van der Waals surface area contributed by atoms with Gasteiger partial charge in [-0.1, -0.05) is 6.92 Å². The second kappa shape index (κ2) is 32.8. The number of esters is 6. The third kappa shape index (κ3) is 27.1. The lowest BCUT2D eigenvalue weighted by atomic mass is 10.2. The molecule has 0 amide bonds. The molecule has 0 saturated carbocycles. The number of ether oxygens (including phenoxy) is 6. The quantitative estimate of drug-likeness (QED) is 0.0842. The molecule has 29 heteroatoms. The van der Waals surface area contributed by atoms with E-state index in [0.29, 0.717) is 35.0 Å². The van der Waals surface area contributed by atoms with E-state index >= 15 is 0 Å². The smallest absolute Gasteiger partial charge is 0.374 e. The summed E-state index contributed by atoms with van der Waals surface area (Å²) in [4.78, 5) is 122. The lowest BCUT2D eigenvalue weighted by Gasteiger charge is -2.18. The number of nitrogens with zero attached hydrogens (tertiary/aromatic N) is 10. The van der Waals surface area contributed by atoms with Gasteiger partial charge in [-0.25, -0.2) is 44.1 Å². The van der Waals surface area contributed by atoms with Crippen molar-refractivity contribution in [3.63, 3.8) is 0 Å². The number of carboxylic acids is 1. The molecule has 3 N–H and O–H groups in total. The Labute approximate surface area is 477 Å². The van der Waals surface area contributed by atoms with E-state index in [9.17, 15) is 43.2 Å². The van der Waals surface area contributed by atoms with Gasteiger partial charge in [-0.15, -0.1) is 24.8 Å². The molecule has 446 valence electrons. The first kappa shape index (κ1) is 74.1. The molecule has 0 aliphatic carbocycles. The molecule has 0 saturated heterocycles. The standard InChI is InChI=1S/C18H24N4O5.C12H18N2O4.C11H16N2O4.C6H9N3O2.C4H8O.2ClH/c1-18(2,3)27-14(24)8-12-10-21(4)15(19-12)13(23)7-11-9-22(5)16(20-11)17(25)26-6;1-12(2,3)18-9(15)6-8-7-14(4)10(13-8)11(16)17-5;1-11(2,3)17-8(14)5-7-6-13(4)9(12-7)10(15)16;1-9-3-4(7)8-5(9)6(10)11-2;1-3-4(2)5;;/h9-10H,7-8H2,1-6H3;7H,6H2,1-5H3;6H,5H2,1-4H3,(H,15,16);3H,7H2,1-2H3;3H2,1-2H3;2*1H. The number of hydrogen-bond acceptors (Lipinski definition) is 21. The molecule has 0 unspecified atom stereocenters. The Morgan fingerprint density at radius 1 is 0.463 bits per heavy atom. The Morgan fingerprint density at radius 2 is 0.713 bits per heavy atom. The van der Waals surface area contributed by atoms with Gasteiger partial charge >= 0.3 is 41.8 Å². The van der Waals surface area contributed by atoms with Crippen molar-refractivity contribution in [2.75, 3.05) is 27.1 Å². The molecule has 0 spiro atoms. The molecule has 5 aromatic heterocycles. The summed E-state index contributed by atoms with van der Waals surface area (Å²) in [5, 5.41) is 8.80. The first-order chi connectivity index (χ1) is 35.8. The number of carbonyl (C=O) groups is 9. The predicted octanol–water partition coefficient (Wildman–Crippen LogP) is 4.96. The number of ketones is 2. The second-order valence-electron chi connectivity index (χ2n) is 20.0. The molecule has 0 radical (unpaired) electrons. The van der Waals surface area contributed by atoms with E-state index in [1.807, 2.05) is 6.92 Å². The lowest BCUT2D eigenvalue weighted by Crippen LogP contribution is -2.25. The van der Waals surface area contributed by atoms with E-state index in [4.69, 9.17) is 25.1 Å². The number of carbonyl (C=O) groups excluding carboxylic acids is 8. The zero-order valence-corrected chi connectivity index (χ0v) is 50.5. The summed E-state index contributed by atoms with van der Waals surface area (Å²) in [6.45, 7) is 19.5. The third-order valence-electron chi connectivity index (χ3n) is 9.22. The van der Waals surface area contributed by atoms with Gasteiger partial charge in [0.05, 0.1) is 69.8 Å². The Morgan fingerprint density at radius 3 is 0.963 bits per heavy atom. The number of halogens is 2. The van der Waals surface area contributed by atoms with Crippen molar-refractivity contribution in [3.05, 3.63) is 82.9 Å². The Kier molecular flexibility index (Phi) is 30.4. The van der Waals surface area contributed by atoms with Gasteiger partial charge < -0.3 is 66.9 Å². The van der Waals surface area contributed by atoms with Crippen LogP contribution in [0, 0.1) is 0 Å². The van der Waals surface area contributed by atoms with Gasteiger partial charge in [0.15, 0.2) is 5.82 Å². The number of imidazole rings is 5. The van der Waals surface area contributed by atoms with Crippen LogP contribution >= 0.6 is 24.8 Å². The van der Waals surface area contributed by atoms with Crippen LogP contribution in [-0.4, -0.2) is 144 Å². The number of nitrogens with two attached hydrogens (primary N) is 1. The Balaban J connectivity index is 0. The zero-order valence-electron chi connectivity index (χ0n) is 48.9. The maximum absolute atomic E-state index is 12.6. The minimum atomic E-state index is -1.12. The number of aromatic nitrogens is 10. The van der Waals surface area contributed by atoms with Crippen molar-refractivity contribution < 1.29 is 76.7 Å². The number of aryl methyl sites for hydroxylation is 5. The van der Waals surface area contributed by atoms with Gasteiger partial charge in [-0.2, -0.15) is 0 Å². The summed E-state index contributed by atoms with van der Waals surface area (Å²) in [6.07, 6.45) is 8.50. The van der Waals surface area contributed by atoms with Gasteiger partial charge in [0.25, 0.3) is 0 Å². The second-order valence-corrected chi connectivity index (χ2v) is 20.0. The highest BCUT2D eigenvalue weighted by Gasteiger charge is 2.24. The molecule has 5 heterocycles. The van der Waals surface area contributed by atoms with Crippen LogP contribution in [0.2, 0.25) is 0 Å². The number of rotatable bonds is 14. The summed E-state index contributed by atoms with van der Waals surface area (Å²) in [5.74, 6) is -3.03. The number of carboxylic acid groups (broad SMARTS) is 1. The van der Waals surface area contributed by atoms with Gasteiger partial charge in [-0.05, 0) is 69.2 Å². The lowest BCUT2D eigenvalue weighted by molar-refractivity contribution is -0.155. The molecule has 5 rings (SSSR count). The molecule has 5 aromatic rings. The van der Waals surface area contributed by atoms with Crippen LogP contribution in [0.25, 0.3) is 0 Å². The number of hydrogen-bond donors (Lipinski definition) is 2. The van der Waals surface area contributed by atoms with E-state index in [-0.39, 0.29) is 97.2 Å². The van der Waals surface area contributed by atoms with Crippen LogP contribution in [0.1, 0.15) is 158 Å². The fourth-order valence-electron chi connectivity index (χ4n) is 6.06. The first-order valence-corrected chi connectivity index (χ1v) is 23.9. The highest BCUT2D eigenvalue weighted by Crippen LogP contribution is 2.15. The number of nitrogen functional groups attached to an aromatic ring is 1. The van der Waals surface area contributed by atoms with E-state index < -0.39 is 52.6 Å². The van der Waals surface area contributed by atoms with E-state index in [1.165, 1.54) is 45.8 Å². The summed E-state index contributed by atoms with van der Waals surface area (Å²) >= 11 is 0. The van der Waals surface area contributed by atoms with Crippen LogP contribution < -0.4 is 5.73 Å². The fourth-order valence-corrected chi connectivity index (χ4v) is 6.06. The molecule has 0 aliphatic heterocycles. The van der Waals surface area contributed by atoms with Crippen LogP contribution in [0.15, 0.2) is 31.0 Å². The Hall–Kier alpha value is -7.94. The highest BCUT2D eigenvalue weighted by atomic mass is 35.5. The van der Waals surface area contributed by atoms with E-state index in [0.717, 1.165) is 0 Å². The summed E-state index contributed by atoms with van der Waals surface area (Å²) < 4.78 is 36.7. The number of methoxy groups -OCH3 is 3. The minimum Gasteiger partial charge on any atom is -0.475 e. The summed E-state index contributed by atoms with van der Waals surface area (Å²) in [5.41, 5.74) is 5.41. The molecule has 27 nitrogen and oxygen atoms in total. The van der Waals surface area contributed by atoms with Crippen molar-refractivity contribution in [2.45, 2.75) is 125 Å². The average molecular weight is 1170 g/mol. The van der Waals surface area contributed by atoms with Crippen molar-refractivity contribution in [3.8, 4) is 0 Å². The maximum atomic E-state index is 12.6. The van der Waals surface area contributed by atoms with Crippen molar-refractivity contribution in [2.24, 2.45) is 35.2 Å². The van der Waals surface area contributed by atoms with Crippen molar-refractivity contribution in [1.82, 2.24) is 47.8 Å². The molecule has 0 aromatic carbocycles. The van der Waals surface area contributed by atoms with E-state index in [1.54, 1.807) is 134 Å². The molecular weight excluding hydrogens is 1090 g/mol. The van der Waals surface area contributed by atoms with Crippen molar-refractivity contribution >= 4 is 84.0 Å². The first-order valence-electron chi connectivity index (χ1n) is 23.9. The molecule has 0 fully saturated rings. The van der Waals surface area contributed by atoms with Crippen LogP contribution in [0.3, 0.4) is 0 Å². The van der Waals surface area contributed by atoms with Crippen molar-refractivity contribution in [1.29, 1.82) is 0 Å². The monoisotopic (exact) mass is 1170 g/mol. The normalized spacial score (nSPS) is 10.5. The number of Topliss-reactive ketones (excluding diaryl/α,β-unsaturated/α-hetero) is 2. The fraction of sp³-hybridized carbons (Fsp3) is 0.529. The highest BCUT2D eigenvalue weighted by molar-refractivity contribution is 5.95. The van der Waals surface area contributed by atoms with Crippen LogP contribution in [-0.2, 0) is 109 Å². The summed E-state index contributed by atoms with van der Waals surface area (Å²) in [6, 6.07) is 0. The largest absolute Gasteiger partial charge is 0.475 e. The topological polar surface area (TPSA) is 344 Å². The number of aromatic carboxylic acids is 1. The van der Waals surface area contributed by atoms with Gasteiger partial charge in [0, 0.05) is 72.6 Å². The predicted molar refractivity (Wildman–Crippen MR) is 294 cm³/mol. The Bertz CT molecular complexity index is 2910. The maximum Gasteiger partial charge on any atom is 0.374 e. The zero-order chi connectivity index (χ0) is 60.2. The van der Waals surface area contributed by atoms with Gasteiger partial charge in [-0.3, -0.25) is 19.2 Å². The third-order valence-corrected chi connectivity index (χ3v) is 9.22. The average Bonchev–Trinajstić information content (AvgIpc) is 4.12. The van der Waals surface area contributed by atoms with Crippen LogP contribution in [0.5, 0.6) is 0 Å². The van der Waals surface area contributed by atoms with Gasteiger partial charge in [0.2, 0.25) is 29.1 Å².